The predicted molar refractivity (Wildman–Crippen MR) is 105 cm³/mol. The van der Waals surface area contributed by atoms with Crippen LogP contribution in [0.25, 0.3) is 22.5 Å². The van der Waals surface area contributed by atoms with E-state index in [1.165, 1.54) is 29.0 Å². The molecule has 0 radical (unpaired) electrons. The Balaban J connectivity index is 1.52. The summed E-state index contributed by atoms with van der Waals surface area (Å²) in [6.45, 7) is 4.68. The molecule has 1 aromatic carbocycles. The molecule has 0 unspecified atom stereocenters. The van der Waals surface area contributed by atoms with Crippen LogP contribution < -0.4 is 0 Å². The van der Waals surface area contributed by atoms with Crippen molar-refractivity contribution >= 4 is 16.8 Å². The van der Waals surface area contributed by atoms with Gasteiger partial charge in [-0.05, 0) is 37.1 Å². The second kappa shape index (κ2) is 7.34. The Kier molecular flexibility index (Phi) is 4.73. The highest BCUT2D eigenvalue weighted by Crippen LogP contribution is 2.30. The minimum atomic E-state index is -0.100. The van der Waals surface area contributed by atoms with Gasteiger partial charge in [0.25, 0.3) is 11.8 Å². The van der Waals surface area contributed by atoms with Gasteiger partial charge in [-0.3, -0.25) is 4.79 Å². The Morgan fingerprint density at radius 3 is 2.89 bits per heavy atom. The van der Waals surface area contributed by atoms with Crippen molar-refractivity contribution < 1.29 is 13.7 Å². The van der Waals surface area contributed by atoms with E-state index in [1.807, 2.05) is 0 Å². The number of aryl methyl sites for hydroxylation is 2. The van der Waals surface area contributed by atoms with Gasteiger partial charge in [0.05, 0.1) is 11.8 Å². The van der Waals surface area contributed by atoms with Crippen LogP contribution in [-0.4, -0.2) is 39.5 Å². The first-order chi connectivity index (χ1) is 13.6. The standard InChI is InChI=1S/C21H22N4O3/c1-4-15-16-11-13(2)5-6-17(16)22-19(15)20-23-18(24-28-20)7-9-25(3)21(26)14-8-10-27-12-14/h5-6,8,10-12,22H,4,7,9H2,1-3H3. The van der Waals surface area contributed by atoms with E-state index in [0.717, 1.165) is 17.6 Å². The zero-order chi connectivity index (χ0) is 19.7. The average Bonchev–Trinajstić information content (AvgIpc) is 3.44. The van der Waals surface area contributed by atoms with Gasteiger partial charge < -0.3 is 18.8 Å². The molecule has 3 aromatic heterocycles. The third kappa shape index (κ3) is 3.31. The Labute approximate surface area is 162 Å². The molecule has 0 aliphatic heterocycles. The van der Waals surface area contributed by atoms with Gasteiger partial charge in [0.2, 0.25) is 0 Å². The lowest BCUT2D eigenvalue weighted by atomic mass is 10.1. The van der Waals surface area contributed by atoms with Crippen molar-refractivity contribution in [3.05, 3.63) is 59.3 Å². The summed E-state index contributed by atoms with van der Waals surface area (Å²) in [7, 11) is 1.74. The third-order valence-corrected chi connectivity index (χ3v) is 4.88. The fraction of sp³-hybridized carbons (Fsp3) is 0.286. The molecule has 0 spiro atoms. The quantitative estimate of drug-likeness (QED) is 0.548. The molecule has 0 bridgehead atoms. The number of hydrogen-bond donors (Lipinski definition) is 1. The van der Waals surface area contributed by atoms with Gasteiger partial charge in [-0.15, -0.1) is 0 Å². The van der Waals surface area contributed by atoms with Gasteiger partial charge in [-0.1, -0.05) is 23.7 Å². The number of nitrogens with zero attached hydrogens (tertiary/aromatic N) is 3. The van der Waals surface area contributed by atoms with Crippen molar-refractivity contribution in [1.29, 1.82) is 0 Å². The lowest BCUT2D eigenvalue weighted by Gasteiger charge is -2.14. The summed E-state index contributed by atoms with van der Waals surface area (Å²) in [5.74, 6) is 0.944. The van der Waals surface area contributed by atoms with E-state index in [9.17, 15) is 4.79 Å². The molecule has 4 rings (SSSR count). The molecule has 1 amide bonds. The van der Waals surface area contributed by atoms with Gasteiger partial charge in [-0.25, -0.2) is 0 Å². The van der Waals surface area contributed by atoms with Crippen LogP contribution in [-0.2, 0) is 12.8 Å². The maximum atomic E-state index is 12.3. The van der Waals surface area contributed by atoms with E-state index < -0.39 is 0 Å². The van der Waals surface area contributed by atoms with Crippen molar-refractivity contribution in [2.75, 3.05) is 13.6 Å². The first-order valence-corrected chi connectivity index (χ1v) is 9.28. The van der Waals surface area contributed by atoms with Crippen LogP contribution in [0.1, 0.15) is 34.2 Å². The van der Waals surface area contributed by atoms with Gasteiger partial charge >= 0.3 is 0 Å². The summed E-state index contributed by atoms with van der Waals surface area (Å²) >= 11 is 0. The van der Waals surface area contributed by atoms with E-state index in [2.05, 4.69) is 47.2 Å². The number of carbonyl (C=O) groups excluding carboxylic acids is 1. The largest absolute Gasteiger partial charge is 0.472 e. The fourth-order valence-electron chi connectivity index (χ4n) is 3.34. The van der Waals surface area contributed by atoms with Gasteiger partial charge in [0, 0.05) is 30.9 Å². The number of H-pyrrole nitrogens is 1. The zero-order valence-corrected chi connectivity index (χ0v) is 16.2. The number of amides is 1. The van der Waals surface area contributed by atoms with Crippen LogP contribution in [0.5, 0.6) is 0 Å². The number of aromatic nitrogens is 3. The Hall–Kier alpha value is -3.35. The van der Waals surface area contributed by atoms with Crippen molar-refractivity contribution in [3.63, 3.8) is 0 Å². The summed E-state index contributed by atoms with van der Waals surface area (Å²) in [6, 6.07) is 7.96. The number of furan rings is 1. The molecule has 28 heavy (non-hydrogen) atoms. The topological polar surface area (TPSA) is 88.2 Å². The number of benzene rings is 1. The molecule has 0 aliphatic rings. The minimum absolute atomic E-state index is 0.100. The molecule has 7 nitrogen and oxygen atoms in total. The molecule has 1 N–H and O–H groups in total. The van der Waals surface area contributed by atoms with Crippen molar-refractivity contribution in [2.45, 2.75) is 26.7 Å². The third-order valence-electron chi connectivity index (χ3n) is 4.88. The lowest BCUT2D eigenvalue weighted by Crippen LogP contribution is -2.28. The first kappa shape index (κ1) is 18.0. The Morgan fingerprint density at radius 2 is 2.14 bits per heavy atom. The molecule has 0 aliphatic carbocycles. The number of nitrogens with one attached hydrogen (secondary N) is 1. The number of hydrogen-bond acceptors (Lipinski definition) is 5. The highest BCUT2D eigenvalue weighted by Gasteiger charge is 2.19. The highest BCUT2D eigenvalue weighted by molar-refractivity contribution is 5.93. The molecule has 4 aromatic rings. The van der Waals surface area contributed by atoms with Crippen molar-refractivity contribution in [2.24, 2.45) is 0 Å². The van der Waals surface area contributed by atoms with Crippen LogP contribution in [0.3, 0.4) is 0 Å². The lowest BCUT2D eigenvalue weighted by molar-refractivity contribution is 0.0795. The fourth-order valence-corrected chi connectivity index (χ4v) is 3.34. The maximum Gasteiger partial charge on any atom is 0.274 e. The smallest absolute Gasteiger partial charge is 0.274 e. The van der Waals surface area contributed by atoms with Gasteiger partial charge in [0.15, 0.2) is 5.82 Å². The van der Waals surface area contributed by atoms with Gasteiger partial charge in [-0.2, -0.15) is 4.98 Å². The number of likely N-dealkylation sites (N-methyl/N-ethyl adjacent to an activating group) is 1. The molecule has 144 valence electrons. The maximum absolute atomic E-state index is 12.3. The number of carbonyl (C=O) groups is 1. The molecule has 3 heterocycles. The summed E-state index contributed by atoms with van der Waals surface area (Å²) in [4.78, 5) is 21.8. The average molecular weight is 378 g/mol. The predicted octanol–water partition coefficient (Wildman–Crippen LogP) is 4.00. The van der Waals surface area contributed by atoms with E-state index in [1.54, 1.807) is 18.0 Å². The zero-order valence-electron chi connectivity index (χ0n) is 16.2. The molecule has 0 saturated carbocycles. The second-order valence-electron chi connectivity index (χ2n) is 6.89. The van der Waals surface area contributed by atoms with Crippen LogP contribution >= 0.6 is 0 Å². The van der Waals surface area contributed by atoms with Crippen molar-refractivity contribution in [1.82, 2.24) is 20.0 Å². The van der Waals surface area contributed by atoms with Crippen LogP contribution in [0.4, 0.5) is 0 Å². The van der Waals surface area contributed by atoms with E-state index >= 15 is 0 Å². The number of rotatable bonds is 6. The summed E-state index contributed by atoms with van der Waals surface area (Å²) < 4.78 is 10.5. The van der Waals surface area contributed by atoms with Gasteiger partial charge in [0.1, 0.15) is 12.0 Å². The summed E-state index contributed by atoms with van der Waals surface area (Å²) in [5.41, 5.74) is 4.83. The van der Waals surface area contributed by atoms with Crippen LogP contribution in [0, 0.1) is 6.92 Å². The SMILES string of the molecule is CCc1c(-c2nc(CCN(C)C(=O)c3ccoc3)no2)[nH]c2ccc(C)cc12. The van der Waals surface area contributed by atoms with E-state index in [4.69, 9.17) is 8.94 Å². The van der Waals surface area contributed by atoms with E-state index in [-0.39, 0.29) is 5.91 Å². The molecule has 0 fully saturated rings. The first-order valence-electron chi connectivity index (χ1n) is 9.28. The van der Waals surface area contributed by atoms with Crippen molar-refractivity contribution in [3.8, 4) is 11.6 Å². The molecular weight excluding hydrogens is 356 g/mol. The van der Waals surface area contributed by atoms with E-state index in [0.29, 0.717) is 30.2 Å². The second-order valence-corrected chi connectivity index (χ2v) is 6.89. The monoisotopic (exact) mass is 378 g/mol. The highest BCUT2D eigenvalue weighted by atomic mass is 16.5. The van der Waals surface area contributed by atoms with Crippen LogP contribution in [0.15, 0.2) is 45.7 Å². The number of aromatic amines is 1. The molecule has 0 saturated heterocycles. The Morgan fingerprint density at radius 1 is 1.29 bits per heavy atom. The molecular formula is C21H22N4O3. The molecule has 7 heteroatoms. The summed E-state index contributed by atoms with van der Waals surface area (Å²) in [5, 5.41) is 5.27. The summed E-state index contributed by atoms with van der Waals surface area (Å²) in [6.07, 6.45) is 4.29. The van der Waals surface area contributed by atoms with Crippen LogP contribution in [0.2, 0.25) is 0 Å². The minimum Gasteiger partial charge on any atom is -0.472 e. The Bertz CT molecular complexity index is 1110. The normalized spacial score (nSPS) is 11.2. The molecule has 0 atom stereocenters. The number of fused-ring (bicyclic) bond motifs is 1.